The van der Waals surface area contributed by atoms with E-state index >= 15 is 4.39 Å². The number of benzene rings is 1. The van der Waals surface area contributed by atoms with Crippen molar-refractivity contribution < 1.29 is 13.9 Å². The van der Waals surface area contributed by atoms with Crippen LogP contribution in [0.25, 0.3) is 22.0 Å². The second-order valence-electron chi connectivity index (χ2n) is 9.21. The van der Waals surface area contributed by atoms with Gasteiger partial charge in [-0.05, 0) is 30.4 Å². The number of aryl methyl sites for hydroxylation is 1. The third-order valence-electron chi connectivity index (χ3n) is 6.85. The fourth-order valence-electron chi connectivity index (χ4n) is 4.88. The summed E-state index contributed by atoms with van der Waals surface area (Å²) in [6.07, 6.45) is 7.53. The van der Waals surface area contributed by atoms with Gasteiger partial charge in [-0.2, -0.15) is 5.10 Å². The Morgan fingerprint density at radius 3 is 2.78 bits per heavy atom. The van der Waals surface area contributed by atoms with E-state index < -0.39 is 5.82 Å². The molecule has 1 aromatic carbocycles. The van der Waals surface area contributed by atoms with Crippen molar-refractivity contribution in [1.29, 1.82) is 5.41 Å². The molecule has 4 heterocycles. The van der Waals surface area contributed by atoms with E-state index in [1.165, 1.54) is 6.07 Å². The fourth-order valence-corrected chi connectivity index (χ4v) is 4.88. The molecule has 0 spiro atoms. The van der Waals surface area contributed by atoms with E-state index in [1.807, 2.05) is 19.3 Å². The van der Waals surface area contributed by atoms with Crippen molar-refractivity contribution in [3.63, 3.8) is 0 Å². The summed E-state index contributed by atoms with van der Waals surface area (Å²) in [4.78, 5) is 18.6. The molecule has 2 aliphatic rings. The van der Waals surface area contributed by atoms with Crippen molar-refractivity contribution in [3.05, 3.63) is 59.4 Å². The maximum Gasteiger partial charge on any atom is 0.317 e. The Morgan fingerprint density at radius 1 is 1.25 bits per heavy atom. The first kappa shape index (κ1) is 23.9. The van der Waals surface area contributed by atoms with Crippen LogP contribution < -0.4 is 10.6 Å². The first-order valence-corrected chi connectivity index (χ1v) is 12.1. The number of fused-ring (bicyclic) bond motifs is 1. The second kappa shape index (κ2) is 10.1. The van der Waals surface area contributed by atoms with Crippen molar-refractivity contribution in [2.24, 2.45) is 7.05 Å². The van der Waals surface area contributed by atoms with Gasteiger partial charge in [0.05, 0.1) is 24.1 Å². The van der Waals surface area contributed by atoms with E-state index in [-0.39, 0.29) is 29.9 Å². The molecule has 10 heteroatoms. The number of nitrogens with one attached hydrogen (secondary N) is 3. The Bertz CT molecular complexity index is 1340. The Balaban J connectivity index is 1.55. The third kappa shape index (κ3) is 4.68. The number of amides is 2. The number of carbonyl (C=O) groups excluding carboxylic acids is 1. The average Bonchev–Trinajstić information content (AvgIpc) is 3.34. The number of halogens is 1. The molecule has 1 saturated heterocycles. The van der Waals surface area contributed by atoms with Gasteiger partial charge in [-0.1, -0.05) is 6.07 Å². The molecule has 9 nitrogen and oxygen atoms in total. The number of aromatic nitrogens is 3. The number of hydrogen-bond donors (Lipinski definition) is 3. The van der Waals surface area contributed by atoms with Gasteiger partial charge < -0.3 is 20.3 Å². The third-order valence-corrected chi connectivity index (χ3v) is 6.85. The summed E-state index contributed by atoms with van der Waals surface area (Å²) in [6.45, 7) is 2.12. The molecule has 0 atom stereocenters. The van der Waals surface area contributed by atoms with Crippen LogP contribution in [0.4, 0.5) is 9.18 Å². The van der Waals surface area contributed by atoms with Crippen LogP contribution in [0.2, 0.25) is 0 Å². The summed E-state index contributed by atoms with van der Waals surface area (Å²) in [5, 5.41) is 20.9. The number of ether oxygens (including phenoxy) is 1. The van der Waals surface area contributed by atoms with Crippen molar-refractivity contribution in [3.8, 4) is 11.3 Å². The van der Waals surface area contributed by atoms with E-state index in [9.17, 15) is 4.79 Å². The molecule has 2 aromatic heterocycles. The maximum absolute atomic E-state index is 15.3. The summed E-state index contributed by atoms with van der Waals surface area (Å²) < 4.78 is 22.5. The fraction of sp³-hybridized carbons (Fsp3) is 0.385. The highest BCUT2D eigenvalue weighted by molar-refractivity contribution is 6.18. The predicted molar refractivity (Wildman–Crippen MR) is 135 cm³/mol. The van der Waals surface area contributed by atoms with Crippen LogP contribution in [0.1, 0.15) is 24.8 Å². The second-order valence-corrected chi connectivity index (χ2v) is 9.21. The number of rotatable bonds is 5. The number of nitrogens with zero attached hydrogens (tertiary/aromatic N) is 4. The molecule has 2 amide bonds. The molecule has 0 bridgehead atoms. The lowest BCUT2D eigenvalue weighted by Crippen LogP contribution is -2.46. The molecule has 1 fully saturated rings. The summed E-state index contributed by atoms with van der Waals surface area (Å²) in [5.74, 6) is -0.488. The first-order valence-electron chi connectivity index (χ1n) is 12.1. The van der Waals surface area contributed by atoms with Crippen LogP contribution >= 0.6 is 0 Å². The average molecular weight is 492 g/mol. The number of carbonyl (C=O) groups is 1. The molecule has 0 aliphatic carbocycles. The molecule has 2 aliphatic heterocycles. The van der Waals surface area contributed by atoms with Crippen molar-refractivity contribution in [2.45, 2.75) is 25.3 Å². The van der Waals surface area contributed by atoms with Gasteiger partial charge in [0.1, 0.15) is 5.82 Å². The lowest BCUT2D eigenvalue weighted by Gasteiger charge is -2.34. The Labute approximate surface area is 208 Å². The highest BCUT2D eigenvalue weighted by atomic mass is 19.1. The van der Waals surface area contributed by atoms with Gasteiger partial charge in [-0.3, -0.25) is 15.1 Å². The monoisotopic (exact) mass is 491 g/mol. The van der Waals surface area contributed by atoms with Crippen molar-refractivity contribution in [2.75, 3.05) is 33.4 Å². The quantitative estimate of drug-likeness (QED) is 0.475. The zero-order valence-electron chi connectivity index (χ0n) is 20.5. The van der Waals surface area contributed by atoms with Crippen molar-refractivity contribution >= 4 is 22.5 Å². The Kier molecular flexibility index (Phi) is 6.69. The molecule has 0 unspecified atom stereocenters. The molecule has 3 aromatic rings. The van der Waals surface area contributed by atoms with Crippen LogP contribution in [-0.2, 0) is 11.8 Å². The molecule has 36 heavy (non-hydrogen) atoms. The summed E-state index contributed by atoms with van der Waals surface area (Å²) >= 11 is 0. The predicted octanol–water partition coefficient (Wildman–Crippen LogP) is 3.21. The zero-order valence-corrected chi connectivity index (χ0v) is 20.5. The SMILES string of the molecule is CNC(=O)N1CCC(NC2CCOCC2)=C(C(=N)c2c(F)ccc3cc(-c4cnn(C)c4)ncc23)C1. The van der Waals surface area contributed by atoms with Crippen LogP contribution in [0, 0.1) is 11.2 Å². The van der Waals surface area contributed by atoms with Gasteiger partial charge >= 0.3 is 6.03 Å². The standard InChI is InChI=1S/C26H30FN7O2/c1-29-26(35)34-8-5-22(32-18-6-9-36-10-7-18)20(15-34)25(28)24-19-13-30-23(17-12-31-33(2)14-17)11-16(19)3-4-21(24)27/h3-4,11-14,18,28,32H,5-10,15H2,1-2H3,(H,29,35). The minimum absolute atomic E-state index is 0.0668. The van der Waals surface area contributed by atoms with E-state index in [4.69, 9.17) is 10.1 Å². The summed E-state index contributed by atoms with van der Waals surface area (Å²) in [6, 6.07) is 4.99. The maximum atomic E-state index is 15.3. The summed E-state index contributed by atoms with van der Waals surface area (Å²) in [5.41, 5.74) is 3.36. The highest BCUT2D eigenvalue weighted by Gasteiger charge is 2.29. The van der Waals surface area contributed by atoms with Gasteiger partial charge in [-0.15, -0.1) is 0 Å². The molecular formula is C26H30FN7O2. The first-order chi connectivity index (χ1) is 17.4. The van der Waals surface area contributed by atoms with Crippen molar-refractivity contribution in [1.82, 2.24) is 30.3 Å². The number of hydrogen-bond acceptors (Lipinski definition) is 6. The minimum Gasteiger partial charge on any atom is -0.385 e. The van der Waals surface area contributed by atoms with Crippen LogP contribution in [0.3, 0.4) is 0 Å². The molecule has 0 saturated carbocycles. The van der Waals surface area contributed by atoms with E-state index in [1.54, 1.807) is 35.1 Å². The molecule has 0 radical (unpaired) electrons. The normalized spacial score (nSPS) is 16.9. The summed E-state index contributed by atoms with van der Waals surface area (Å²) in [7, 11) is 3.42. The van der Waals surface area contributed by atoms with E-state index in [2.05, 4.69) is 20.7 Å². The topological polar surface area (TPSA) is 108 Å². The largest absolute Gasteiger partial charge is 0.385 e. The van der Waals surface area contributed by atoms with Crippen LogP contribution in [0.15, 0.2) is 48.1 Å². The molecule has 3 N–H and O–H groups in total. The lowest BCUT2D eigenvalue weighted by molar-refractivity contribution is 0.0798. The zero-order chi connectivity index (χ0) is 25.2. The van der Waals surface area contributed by atoms with Gasteiger partial charge in [0.25, 0.3) is 0 Å². The van der Waals surface area contributed by atoms with Gasteiger partial charge in [0.2, 0.25) is 0 Å². The highest BCUT2D eigenvalue weighted by Crippen LogP contribution is 2.30. The molecule has 5 rings (SSSR count). The smallest absolute Gasteiger partial charge is 0.317 e. The Morgan fingerprint density at radius 2 is 2.06 bits per heavy atom. The minimum atomic E-state index is -0.488. The van der Waals surface area contributed by atoms with Crippen LogP contribution in [-0.4, -0.2) is 70.8 Å². The number of urea groups is 1. The van der Waals surface area contributed by atoms with Gasteiger partial charge in [0.15, 0.2) is 0 Å². The number of pyridine rings is 1. The lowest BCUT2D eigenvalue weighted by atomic mass is 9.92. The molecule has 188 valence electrons. The van der Waals surface area contributed by atoms with E-state index in [0.29, 0.717) is 37.1 Å². The Hall–Kier alpha value is -3.79. The van der Waals surface area contributed by atoms with E-state index in [0.717, 1.165) is 35.2 Å². The van der Waals surface area contributed by atoms with Gasteiger partial charge in [-0.25, -0.2) is 9.18 Å². The van der Waals surface area contributed by atoms with Gasteiger partial charge in [0, 0.05) is 86.5 Å². The van der Waals surface area contributed by atoms with Crippen LogP contribution in [0.5, 0.6) is 0 Å². The molecular weight excluding hydrogens is 461 g/mol.